The molecule has 16 heavy (non-hydrogen) atoms. The molecule has 0 unspecified atom stereocenters. The second kappa shape index (κ2) is 4.21. The Kier molecular flexibility index (Phi) is 3.06. The van der Waals surface area contributed by atoms with Crippen molar-refractivity contribution < 1.29 is 0 Å². The molecule has 0 aromatic carbocycles. The van der Waals surface area contributed by atoms with Gasteiger partial charge in [-0.3, -0.25) is 9.58 Å². The van der Waals surface area contributed by atoms with E-state index in [1.807, 2.05) is 0 Å². The Morgan fingerprint density at radius 1 is 1.25 bits per heavy atom. The Morgan fingerprint density at radius 3 is 2.31 bits per heavy atom. The lowest BCUT2D eigenvalue weighted by atomic mass is 9.98. The molecule has 90 valence electrons. The first-order valence-corrected chi connectivity index (χ1v) is 6.23. The smallest absolute Gasteiger partial charge is 0.0593 e. The summed E-state index contributed by atoms with van der Waals surface area (Å²) in [5.74, 6) is 0. The van der Waals surface area contributed by atoms with Crippen LogP contribution in [0.4, 0.5) is 0 Å². The molecular formula is C13H23N3. The Labute approximate surface area is 98.4 Å². The maximum Gasteiger partial charge on any atom is 0.0593 e. The molecule has 1 aromatic rings. The van der Waals surface area contributed by atoms with Gasteiger partial charge in [-0.15, -0.1) is 0 Å². The summed E-state index contributed by atoms with van der Waals surface area (Å²) >= 11 is 0. The summed E-state index contributed by atoms with van der Waals surface area (Å²) in [5.41, 5.74) is 1.43. The van der Waals surface area contributed by atoms with Crippen molar-refractivity contribution in [3.05, 3.63) is 18.0 Å². The molecule has 0 atom stereocenters. The van der Waals surface area contributed by atoms with Gasteiger partial charge in [-0.25, -0.2) is 0 Å². The van der Waals surface area contributed by atoms with Gasteiger partial charge in [0, 0.05) is 24.8 Å². The fourth-order valence-electron chi connectivity index (χ4n) is 2.44. The standard InChI is InChI=1S/C13H23N3/c1-11-5-10-16(14-11)12-6-8-15(9-7-12)13(2,3)4/h5,10,12H,6-9H2,1-4H3. The second-order valence-corrected chi connectivity index (χ2v) is 5.83. The van der Waals surface area contributed by atoms with Gasteiger partial charge in [0.05, 0.1) is 11.7 Å². The number of nitrogens with zero attached hydrogens (tertiary/aromatic N) is 3. The summed E-state index contributed by atoms with van der Waals surface area (Å²) in [5, 5.41) is 4.52. The van der Waals surface area contributed by atoms with E-state index in [2.05, 4.69) is 54.6 Å². The van der Waals surface area contributed by atoms with Crippen molar-refractivity contribution in [3.63, 3.8) is 0 Å². The number of likely N-dealkylation sites (tertiary alicyclic amines) is 1. The summed E-state index contributed by atoms with van der Waals surface area (Å²) < 4.78 is 2.15. The van der Waals surface area contributed by atoms with Crippen molar-refractivity contribution >= 4 is 0 Å². The third-order valence-electron chi connectivity index (χ3n) is 3.53. The summed E-state index contributed by atoms with van der Waals surface area (Å²) in [6.07, 6.45) is 4.56. The maximum absolute atomic E-state index is 4.52. The van der Waals surface area contributed by atoms with Gasteiger partial charge in [0.25, 0.3) is 0 Å². The summed E-state index contributed by atoms with van der Waals surface area (Å²) in [6.45, 7) is 11.3. The van der Waals surface area contributed by atoms with Gasteiger partial charge in [0.1, 0.15) is 0 Å². The van der Waals surface area contributed by atoms with Gasteiger partial charge in [0.15, 0.2) is 0 Å². The molecule has 1 aromatic heterocycles. The highest BCUT2D eigenvalue weighted by molar-refractivity contribution is 4.97. The fourth-order valence-corrected chi connectivity index (χ4v) is 2.44. The number of aromatic nitrogens is 2. The Balaban J connectivity index is 1.95. The van der Waals surface area contributed by atoms with E-state index in [0.29, 0.717) is 11.6 Å². The van der Waals surface area contributed by atoms with Crippen LogP contribution in [-0.2, 0) is 0 Å². The largest absolute Gasteiger partial charge is 0.298 e. The van der Waals surface area contributed by atoms with Crippen LogP contribution in [0.2, 0.25) is 0 Å². The number of hydrogen-bond acceptors (Lipinski definition) is 2. The van der Waals surface area contributed by atoms with Crippen LogP contribution in [0.1, 0.15) is 45.3 Å². The zero-order valence-corrected chi connectivity index (χ0v) is 10.9. The highest BCUT2D eigenvalue weighted by atomic mass is 15.3. The van der Waals surface area contributed by atoms with E-state index < -0.39 is 0 Å². The highest BCUT2D eigenvalue weighted by Gasteiger charge is 2.27. The van der Waals surface area contributed by atoms with Gasteiger partial charge >= 0.3 is 0 Å². The predicted octanol–water partition coefficient (Wildman–Crippen LogP) is 2.63. The van der Waals surface area contributed by atoms with E-state index in [1.54, 1.807) is 0 Å². The lowest BCUT2D eigenvalue weighted by Crippen LogP contribution is -2.46. The van der Waals surface area contributed by atoms with Gasteiger partial charge in [-0.05, 0) is 46.6 Å². The Hall–Kier alpha value is -0.830. The molecule has 0 bridgehead atoms. The number of hydrogen-bond donors (Lipinski definition) is 0. The van der Waals surface area contributed by atoms with Crippen molar-refractivity contribution in [1.29, 1.82) is 0 Å². The Bertz CT molecular complexity index is 340. The van der Waals surface area contributed by atoms with Crippen molar-refractivity contribution in [1.82, 2.24) is 14.7 Å². The quantitative estimate of drug-likeness (QED) is 0.727. The van der Waals surface area contributed by atoms with Gasteiger partial charge in [-0.2, -0.15) is 5.10 Å². The maximum atomic E-state index is 4.52. The molecule has 1 aliphatic rings. The van der Waals surface area contributed by atoms with E-state index in [0.717, 1.165) is 5.69 Å². The molecule has 0 spiro atoms. The molecular weight excluding hydrogens is 198 g/mol. The van der Waals surface area contributed by atoms with E-state index in [1.165, 1.54) is 25.9 Å². The van der Waals surface area contributed by atoms with Crippen molar-refractivity contribution in [2.24, 2.45) is 0 Å². The lowest BCUT2D eigenvalue weighted by molar-refractivity contribution is 0.0869. The van der Waals surface area contributed by atoms with Crippen LogP contribution in [0.5, 0.6) is 0 Å². The normalized spacial score (nSPS) is 20.2. The van der Waals surface area contributed by atoms with E-state index in [4.69, 9.17) is 0 Å². The molecule has 0 amide bonds. The molecule has 0 saturated carbocycles. The first kappa shape index (κ1) is 11.6. The van der Waals surface area contributed by atoms with Gasteiger partial charge < -0.3 is 0 Å². The Morgan fingerprint density at radius 2 is 1.88 bits per heavy atom. The second-order valence-electron chi connectivity index (χ2n) is 5.83. The molecule has 3 heteroatoms. The average Bonchev–Trinajstić information content (AvgIpc) is 2.64. The third kappa shape index (κ3) is 2.46. The average molecular weight is 221 g/mol. The van der Waals surface area contributed by atoms with Crippen molar-refractivity contribution in [2.45, 2.75) is 52.1 Å². The minimum Gasteiger partial charge on any atom is -0.298 e. The van der Waals surface area contributed by atoms with Gasteiger partial charge in [-0.1, -0.05) is 0 Å². The first-order valence-electron chi connectivity index (χ1n) is 6.23. The number of rotatable bonds is 1. The first-order chi connectivity index (χ1) is 7.47. The van der Waals surface area contributed by atoms with Crippen molar-refractivity contribution in [3.8, 4) is 0 Å². The van der Waals surface area contributed by atoms with E-state index in [-0.39, 0.29) is 0 Å². The van der Waals surface area contributed by atoms with Crippen molar-refractivity contribution in [2.75, 3.05) is 13.1 Å². The summed E-state index contributed by atoms with van der Waals surface area (Å²) in [4.78, 5) is 2.57. The molecule has 0 radical (unpaired) electrons. The molecule has 0 N–H and O–H groups in total. The third-order valence-corrected chi connectivity index (χ3v) is 3.53. The van der Waals surface area contributed by atoms with E-state index in [9.17, 15) is 0 Å². The number of aryl methyl sites for hydroxylation is 1. The minimum absolute atomic E-state index is 0.311. The highest BCUT2D eigenvalue weighted by Crippen LogP contribution is 2.26. The fraction of sp³-hybridized carbons (Fsp3) is 0.769. The zero-order valence-electron chi connectivity index (χ0n) is 10.9. The number of piperidine rings is 1. The van der Waals surface area contributed by atoms with Crippen LogP contribution in [0.25, 0.3) is 0 Å². The molecule has 1 aliphatic heterocycles. The van der Waals surface area contributed by atoms with Crippen LogP contribution in [0, 0.1) is 6.92 Å². The molecule has 2 rings (SSSR count). The van der Waals surface area contributed by atoms with Crippen LogP contribution in [0.3, 0.4) is 0 Å². The van der Waals surface area contributed by atoms with Crippen LogP contribution in [-0.4, -0.2) is 33.3 Å². The minimum atomic E-state index is 0.311. The summed E-state index contributed by atoms with van der Waals surface area (Å²) in [6, 6.07) is 2.70. The van der Waals surface area contributed by atoms with Crippen LogP contribution < -0.4 is 0 Å². The van der Waals surface area contributed by atoms with Crippen LogP contribution in [0.15, 0.2) is 12.3 Å². The molecule has 1 saturated heterocycles. The zero-order chi connectivity index (χ0) is 11.8. The molecule has 0 aliphatic carbocycles. The topological polar surface area (TPSA) is 21.1 Å². The van der Waals surface area contributed by atoms with Crippen LogP contribution >= 0.6 is 0 Å². The lowest BCUT2D eigenvalue weighted by Gasteiger charge is -2.40. The van der Waals surface area contributed by atoms with E-state index >= 15 is 0 Å². The predicted molar refractivity (Wildman–Crippen MR) is 66.6 cm³/mol. The molecule has 3 nitrogen and oxygen atoms in total. The summed E-state index contributed by atoms with van der Waals surface area (Å²) in [7, 11) is 0. The van der Waals surface area contributed by atoms with Gasteiger partial charge in [0.2, 0.25) is 0 Å². The monoisotopic (exact) mass is 221 g/mol. The molecule has 1 fully saturated rings. The SMILES string of the molecule is Cc1ccn(C2CCN(C(C)(C)C)CC2)n1. The molecule has 2 heterocycles.